The van der Waals surface area contributed by atoms with E-state index in [1.807, 2.05) is 0 Å². The fourth-order valence-corrected chi connectivity index (χ4v) is 1.98. The van der Waals surface area contributed by atoms with Gasteiger partial charge < -0.3 is 10.3 Å². The summed E-state index contributed by atoms with van der Waals surface area (Å²) in [5, 5.41) is 0. The molecule has 1 rings (SSSR count). The van der Waals surface area contributed by atoms with Crippen molar-refractivity contribution in [1.29, 1.82) is 0 Å². The van der Waals surface area contributed by atoms with Crippen LogP contribution in [-0.2, 0) is 14.9 Å². The second kappa shape index (κ2) is 6.90. The summed E-state index contributed by atoms with van der Waals surface area (Å²) in [6.07, 6.45) is -0.466. The number of carbonyl (C=O) groups excluding carboxylic acids is 2. The topological polar surface area (TPSA) is 117 Å². The van der Waals surface area contributed by atoms with E-state index < -0.39 is 33.0 Å². The molecule has 6 nitrogen and oxygen atoms in total. The number of nitrogen functional groups attached to an aromatic ring is 1. The van der Waals surface area contributed by atoms with E-state index in [0.29, 0.717) is 0 Å². The van der Waals surface area contributed by atoms with E-state index in [2.05, 4.69) is 0 Å². The molecule has 0 aliphatic heterocycles. The van der Waals surface area contributed by atoms with Crippen molar-refractivity contribution < 1.29 is 73.9 Å². The predicted octanol–water partition coefficient (Wildman–Crippen LogP) is -2.66. The summed E-state index contributed by atoms with van der Waals surface area (Å²) in [4.78, 5) is 21.7. The standard InChI is InChI=1S/C10H11NO5S.K/c1-6(12)4-9(13)8-5-7(11)2-3-10(8)17(14,15)16;/h2-3,5H,4,11H2,1H3,(H,14,15,16);/q;+1/p-1. The number of nitrogens with two attached hydrogens (primary N) is 1. The summed E-state index contributed by atoms with van der Waals surface area (Å²) in [6, 6.07) is 3.25. The molecule has 0 amide bonds. The molecule has 0 spiro atoms. The molecule has 8 heteroatoms. The van der Waals surface area contributed by atoms with Crippen LogP contribution in [0.4, 0.5) is 5.69 Å². The Bertz CT molecular complexity index is 582. The average Bonchev–Trinajstić information content (AvgIpc) is 2.14. The Morgan fingerprint density at radius 1 is 1.33 bits per heavy atom. The minimum atomic E-state index is -4.77. The van der Waals surface area contributed by atoms with Crippen LogP contribution in [-0.4, -0.2) is 24.5 Å². The first-order valence-electron chi connectivity index (χ1n) is 4.60. The van der Waals surface area contributed by atoms with Crippen LogP contribution < -0.4 is 57.1 Å². The average molecular weight is 295 g/mol. The Morgan fingerprint density at radius 3 is 2.33 bits per heavy atom. The van der Waals surface area contributed by atoms with Crippen molar-refractivity contribution in [2.75, 3.05) is 5.73 Å². The van der Waals surface area contributed by atoms with E-state index >= 15 is 0 Å². The molecule has 92 valence electrons. The third-order valence-corrected chi connectivity index (χ3v) is 2.88. The van der Waals surface area contributed by atoms with Gasteiger partial charge in [0.25, 0.3) is 0 Å². The fourth-order valence-electron chi connectivity index (χ4n) is 1.30. The van der Waals surface area contributed by atoms with Crippen molar-refractivity contribution in [2.45, 2.75) is 18.2 Å². The van der Waals surface area contributed by atoms with Crippen molar-refractivity contribution >= 4 is 27.4 Å². The molecule has 0 unspecified atom stereocenters. The number of benzene rings is 1. The van der Waals surface area contributed by atoms with Crippen molar-refractivity contribution in [3.63, 3.8) is 0 Å². The molecule has 1 aromatic rings. The molecule has 1 aromatic carbocycles. The largest absolute Gasteiger partial charge is 1.00 e. The van der Waals surface area contributed by atoms with Gasteiger partial charge in [0.15, 0.2) is 5.78 Å². The molecule has 0 radical (unpaired) electrons. The summed E-state index contributed by atoms with van der Waals surface area (Å²) in [5.41, 5.74) is 5.21. The SMILES string of the molecule is CC(=O)CC(=O)c1cc(N)ccc1S(=O)(=O)[O-].[K+]. The second-order valence-corrected chi connectivity index (χ2v) is 4.86. The van der Waals surface area contributed by atoms with Gasteiger partial charge in [-0.1, -0.05) is 0 Å². The molecule has 0 bridgehead atoms. The maximum Gasteiger partial charge on any atom is 1.00 e. The van der Waals surface area contributed by atoms with Gasteiger partial charge in [-0.25, -0.2) is 8.42 Å². The van der Waals surface area contributed by atoms with Gasteiger partial charge in [0, 0.05) is 11.3 Å². The quantitative estimate of drug-likeness (QED) is 0.213. The number of anilines is 1. The van der Waals surface area contributed by atoms with Crippen LogP contribution in [0.5, 0.6) is 0 Å². The normalized spacial score (nSPS) is 10.6. The number of ketones is 2. The fraction of sp³-hybridized carbons (Fsp3) is 0.200. The second-order valence-electron chi connectivity index (χ2n) is 3.51. The third kappa shape index (κ3) is 4.88. The molecular formula is C10H10KNO5S. The molecule has 18 heavy (non-hydrogen) atoms. The number of Topliss-reactive ketones (excluding diaryl/α,β-unsaturated/α-hetero) is 2. The molecule has 0 fully saturated rings. The monoisotopic (exact) mass is 295 g/mol. The van der Waals surface area contributed by atoms with E-state index in [1.165, 1.54) is 13.0 Å². The number of hydrogen-bond acceptors (Lipinski definition) is 6. The Morgan fingerprint density at radius 2 is 1.89 bits per heavy atom. The van der Waals surface area contributed by atoms with Gasteiger partial charge in [0.2, 0.25) is 0 Å². The molecule has 0 saturated carbocycles. The molecule has 0 aromatic heterocycles. The Kier molecular flexibility index (Phi) is 6.86. The van der Waals surface area contributed by atoms with Crippen molar-refractivity contribution in [1.82, 2.24) is 0 Å². The molecule has 0 aliphatic carbocycles. The Labute approximate surface area is 147 Å². The van der Waals surface area contributed by atoms with E-state index in [4.69, 9.17) is 5.73 Å². The molecule has 0 heterocycles. The first-order chi connectivity index (χ1) is 7.71. The van der Waals surface area contributed by atoms with Crippen molar-refractivity contribution in [3.8, 4) is 0 Å². The zero-order chi connectivity index (χ0) is 13.2. The van der Waals surface area contributed by atoms with Crippen LogP contribution in [0.3, 0.4) is 0 Å². The summed E-state index contributed by atoms with van der Waals surface area (Å²) >= 11 is 0. The molecule has 2 N–H and O–H groups in total. The first-order valence-corrected chi connectivity index (χ1v) is 6.00. The minimum Gasteiger partial charge on any atom is -0.744 e. The molecular weight excluding hydrogens is 285 g/mol. The maximum atomic E-state index is 11.6. The van der Waals surface area contributed by atoms with Gasteiger partial charge in [0.1, 0.15) is 15.9 Å². The van der Waals surface area contributed by atoms with Crippen LogP contribution in [0.1, 0.15) is 23.7 Å². The van der Waals surface area contributed by atoms with Crippen LogP contribution in [0, 0.1) is 0 Å². The van der Waals surface area contributed by atoms with Gasteiger partial charge in [-0.2, -0.15) is 0 Å². The van der Waals surface area contributed by atoms with Gasteiger partial charge in [-0.15, -0.1) is 0 Å². The molecule has 0 saturated heterocycles. The third-order valence-electron chi connectivity index (χ3n) is 1.98. The predicted molar refractivity (Wildman–Crippen MR) is 58.4 cm³/mol. The van der Waals surface area contributed by atoms with Gasteiger partial charge >= 0.3 is 51.4 Å². The zero-order valence-corrected chi connectivity index (χ0v) is 13.9. The summed E-state index contributed by atoms with van der Waals surface area (Å²) in [7, 11) is -4.77. The zero-order valence-electron chi connectivity index (χ0n) is 9.97. The summed E-state index contributed by atoms with van der Waals surface area (Å²) in [5.74, 6) is -1.16. The molecule has 0 atom stereocenters. The van der Waals surface area contributed by atoms with E-state index in [-0.39, 0.29) is 62.6 Å². The Balaban J connectivity index is 0.00000289. The van der Waals surface area contributed by atoms with Crippen molar-refractivity contribution in [3.05, 3.63) is 23.8 Å². The van der Waals surface area contributed by atoms with E-state index in [1.54, 1.807) is 0 Å². The van der Waals surface area contributed by atoms with E-state index in [0.717, 1.165) is 12.1 Å². The van der Waals surface area contributed by atoms with Gasteiger partial charge in [-0.05, 0) is 25.1 Å². The van der Waals surface area contributed by atoms with Crippen LogP contribution in [0.2, 0.25) is 0 Å². The smallest absolute Gasteiger partial charge is 0.744 e. The van der Waals surface area contributed by atoms with Crippen LogP contribution in [0.25, 0.3) is 0 Å². The number of carbonyl (C=O) groups is 2. The van der Waals surface area contributed by atoms with Crippen LogP contribution in [0.15, 0.2) is 23.1 Å². The first kappa shape index (κ1) is 17.9. The Hall–Kier alpha value is -0.0936. The summed E-state index contributed by atoms with van der Waals surface area (Å²) in [6.45, 7) is 1.19. The minimum absolute atomic E-state index is 0. The van der Waals surface area contributed by atoms with Gasteiger partial charge in [-0.3, -0.25) is 9.59 Å². The van der Waals surface area contributed by atoms with Crippen LogP contribution >= 0.6 is 0 Å². The molecule has 0 aliphatic rings. The van der Waals surface area contributed by atoms with Gasteiger partial charge in [0.05, 0.1) is 11.3 Å². The van der Waals surface area contributed by atoms with Crippen molar-refractivity contribution in [2.24, 2.45) is 0 Å². The number of hydrogen-bond donors (Lipinski definition) is 1. The number of rotatable bonds is 4. The maximum absolute atomic E-state index is 11.6. The van der Waals surface area contributed by atoms with E-state index in [9.17, 15) is 22.6 Å². The summed E-state index contributed by atoms with van der Waals surface area (Å²) < 4.78 is 32.8.